The summed E-state index contributed by atoms with van der Waals surface area (Å²) in [5.74, 6) is 1.25. The normalized spacial score (nSPS) is 17.1. The molecule has 0 saturated carbocycles. The van der Waals surface area contributed by atoms with Gasteiger partial charge in [-0.15, -0.1) is 0 Å². The van der Waals surface area contributed by atoms with E-state index in [9.17, 15) is 14.4 Å². The van der Waals surface area contributed by atoms with Gasteiger partial charge in [0.2, 0.25) is 0 Å². The lowest BCUT2D eigenvalue weighted by atomic mass is 10.0. The van der Waals surface area contributed by atoms with Crippen LogP contribution in [-0.4, -0.2) is 62.4 Å². The van der Waals surface area contributed by atoms with Gasteiger partial charge in [0.15, 0.2) is 5.58 Å². The number of nitrogens with one attached hydrogen (secondary N) is 1. The molecule has 5 rings (SSSR count). The van der Waals surface area contributed by atoms with Crippen LogP contribution in [0.3, 0.4) is 0 Å². The fourth-order valence-corrected chi connectivity index (χ4v) is 4.56. The van der Waals surface area contributed by atoms with Crippen LogP contribution in [0.4, 0.5) is 4.39 Å². The Hall–Kier alpha value is -4.42. The maximum Gasteiger partial charge on any atom is 0.253 e. The molecule has 9 heteroatoms. The molecule has 2 atom stereocenters. The number of amides is 1. The topological polar surface area (TPSA) is 101 Å². The summed E-state index contributed by atoms with van der Waals surface area (Å²) in [4.78, 5) is 18.3. The van der Waals surface area contributed by atoms with E-state index < -0.39 is 12.3 Å². The van der Waals surface area contributed by atoms with E-state index in [1.54, 1.807) is 50.6 Å². The first-order chi connectivity index (χ1) is 18.4. The van der Waals surface area contributed by atoms with Gasteiger partial charge in [-0.2, -0.15) is 5.26 Å². The lowest BCUT2D eigenvalue weighted by Crippen LogP contribution is -2.44. The zero-order valence-electron chi connectivity index (χ0n) is 21.3. The Kier molecular flexibility index (Phi) is 6.99. The summed E-state index contributed by atoms with van der Waals surface area (Å²) in [6.07, 6.45) is 0.473. The number of nitriles is 1. The third kappa shape index (κ3) is 4.78. The van der Waals surface area contributed by atoms with Gasteiger partial charge in [-0.05, 0) is 54.9 Å². The van der Waals surface area contributed by atoms with Gasteiger partial charge in [-0.3, -0.25) is 9.78 Å². The number of methoxy groups -OCH3 is 1. The number of nitrogens with zero attached hydrogens (tertiary/aromatic N) is 3. The molecule has 0 spiro atoms. The summed E-state index contributed by atoms with van der Waals surface area (Å²) in [5.41, 5.74) is 4.14. The predicted octanol–water partition coefficient (Wildman–Crippen LogP) is 4.82. The summed E-state index contributed by atoms with van der Waals surface area (Å²) >= 11 is 0. The predicted molar refractivity (Wildman–Crippen MR) is 141 cm³/mol. The van der Waals surface area contributed by atoms with E-state index in [0.29, 0.717) is 58.0 Å². The van der Waals surface area contributed by atoms with Gasteiger partial charge < -0.3 is 24.1 Å². The second-order valence-corrected chi connectivity index (χ2v) is 9.29. The highest BCUT2D eigenvalue weighted by molar-refractivity contribution is 5.96. The van der Waals surface area contributed by atoms with Crippen LogP contribution in [-0.2, 0) is 0 Å². The van der Waals surface area contributed by atoms with Crippen molar-refractivity contribution in [2.75, 3.05) is 34.3 Å². The van der Waals surface area contributed by atoms with Crippen LogP contribution in [0.5, 0.6) is 11.5 Å². The number of carbonyl (C=O) groups is 1. The van der Waals surface area contributed by atoms with Crippen LogP contribution in [0.2, 0.25) is 0 Å². The molecule has 38 heavy (non-hydrogen) atoms. The Labute approximate surface area is 219 Å². The molecule has 1 fully saturated rings. The van der Waals surface area contributed by atoms with E-state index in [2.05, 4.69) is 16.4 Å². The summed E-state index contributed by atoms with van der Waals surface area (Å²) in [6, 6.07) is 16.2. The highest BCUT2D eigenvalue weighted by Gasteiger charge is 2.27. The third-order valence-corrected chi connectivity index (χ3v) is 6.57. The molecule has 8 nitrogen and oxygen atoms in total. The molecule has 0 unspecified atom stereocenters. The van der Waals surface area contributed by atoms with Crippen molar-refractivity contribution in [2.45, 2.75) is 18.7 Å². The number of carbonyl (C=O) groups excluding carboxylic acids is 1. The standard InChI is InChI=1S/C29H27FN4O4/c1-34(2)29(35)18-4-6-21(26(13-18)36-3)27-14-23-28(38-27)20(8-11-33-23)17-5-7-24(19(12-17)15-31)37-25-9-10-32-16-22(25)30/h4-8,11-14,22,25,32H,9-10,16H2,1-3H3/t22-,25+/m0/s1. The zero-order chi connectivity index (χ0) is 26.8. The molecule has 2 aromatic carbocycles. The number of halogens is 1. The molecular weight excluding hydrogens is 487 g/mol. The Morgan fingerprint density at radius 3 is 2.74 bits per heavy atom. The minimum Gasteiger partial charge on any atom is -0.496 e. The number of hydrogen-bond acceptors (Lipinski definition) is 7. The average Bonchev–Trinajstić information content (AvgIpc) is 3.38. The molecule has 1 saturated heterocycles. The van der Waals surface area contributed by atoms with Crippen LogP contribution >= 0.6 is 0 Å². The molecule has 3 heterocycles. The number of alkyl halides is 1. The minimum absolute atomic E-state index is 0.133. The van der Waals surface area contributed by atoms with Gasteiger partial charge in [0.1, 0.15) is 41.1 Å². The maximum atomic E-state index is 14.3. The van der Waals surface area contributed by atoms with Gasteiger partial charge >= 0.3 is 0 Å². The Morgan fingerprint density at radius 1 is 1.16 bits per heavy atom. The van der Waals surface area contributed by atoms with Gasteiger partial charge in [-0.25, -0.2) is 4.39 Å². The number of aromatic nitrogens is 1. The maximum absolute atomic E-state index is 14.3. The van der Waals surface area contributed by atoms with Gasteiger partial charge in [0.25, 0.3) is 5.91 Å². The van der Waals surface area contributed by atoms with E-state index in [1.807, 2.05) is 18.2 Å². The number of fused-ring (bicyclic) bond motifs is 1. The van der Waals surface area contributed by atoms with E-state index in [0.717, 1.165) is 11.1 Å². The SMILES string of the molecule is COc1cc(C(=O)N(C)C)ccc1-c1cc2nccc(-c3ccc(O[C@@H]4CCNC[C@@H]4F)c(C#N)c3)c2o1. The van der Waals surface area contributed by atoms with Crippen LogP contribution < -0.4 is 14.8 Å². The van der Waals surface area contributed by atoms with Crippen LogP contribution in [0, 0.1) is 11.3 Å². The Morgan fingerprint density at radius 2 is 2.00 bits per heavy atom. The molecule has 0 aliphatic carbocycles. The molecule has 2 aromatic heterocycles. The number of furan rings is 1. The van der Waals surface area contributed by atoms with Crippen molar-refractivity contribution >= 4 is 17.0 Å². The second-order valence-electron chi connectivity index (χ2n) is 9.29. The smallest absolute Gasteiger partial charge is 0.253 e. The monoisotopic (exact) mass is 514 g/mol. The molecule has 1 amide bonds. The number of hydrogen-bond donors (Lipinski definition) is 1. The van der Waals surface area contributed by atoms with Crippen molar-refractivity contribution in [2.24, 2.45) is 0 Å². The van der Waals surface area contributed by atoms with Crippen molar-refractivity contribution in [1.82, 2.24) is 15.2 Å². The summed E-state index contributed by atoms with van der Waals surface area (Å²) < 4.78 is 32.0. The Balaban J connectivity index is 1.51. The first-order valence-electron chi connectivity index (χ1n) is 12.2. The number of benzene rings is 2. The molecule has 4 aromatic rings. The first-order valence-corrected chi connectivity index (χ1v) is 12.2. The van der Waals surface area contributed by atoms with Crippen molar-refractivity contribution in [1.29, 1.82) is 5.26 Å². The number of ether oxygens (including phenoxy) is 2. The number of piperidine rings is 1. The second kappa shape index (κ2) is 10.5. The van der Waals surface area contributed by atoms with Gasteiger partial charge in [0.05, 0.1) is 18.2 Å². The lowest BCUT2D eigenvalue weighted by Gasteiger charge is -2.27. The summed E-state index contributed by atoms with van der Waals surface area (Å²) in [7, 11) is 4.92. The molecule has 0 bridgehead atoms. The molecular formula is C29H27FN4O4. The van der Waals surface area contributed by atoms with Crippen molar-refractivity contribution in [3.8, 4) is 40.0 Å². The van der Waals surface area contributed by atoms with Gasteiger partial charge in [-0.1, -0.05) is 6.07 Å². The molecule has 1 aliphatic rings. The van der Waals surface area contributed by atoms with Crippen LogP contribution in [0.1, 0.15) is 22.3 Å². The fourth-order valence-electron chi connectivity index (χ4n) is 4.56. The molecule has 1 aliphatic heterocycles. The molecule has 0 radical (unpaired) electrons. The van der Waals surface area contributed by atoms with Gasteiger partial charge in [0, 0.05) is 44.0 Å². The van der Waals surface area contributed by atoms with Crippen LogP contribution in [0.15, 0.2) is 59.1 Å². The zero-order valence-corrected chi connectivity index (χ0v) is 21.3. The largest absolute Gasteiger partial charge is 0.496 e. The first kappa shape index (κ1) is 25.2. The number of pyridine rings is 1. The average molecular weight is 515 g/mol. The summed E-state index contributed by atoms with van der Waals surface area (Å²) in [5, 5.41) is 12.8. The van der Waals surface area contributed by atoms with E-state index in [-0.39, 0.29) is 12.5 Å². The lowest BCUT2D eigenvalue weighted by molar-refractivity contribution is 0.0729. The van der Waals surface area contributed by atoms with Crippen molar-refractivity contribution in [3.05, 3.63) is 65.9 Å². The highest BCUT2D eigenvalue weighted by atomic mass is 19.1. The van der Waals surface area contributed by atoms with E-state index in [1.165, 1.54) is 12.0 Å². The summed E-state index contributed by atoms with van der Waals surface area (Å²) in [6.45, 7) is 0.903. The Bertz CT molecular complexity index is 1540. The molecule has 194 valence electrons. The van der Waals surface area contributed by atoms with E-state index in [4.69, 9.17) is 13.9 Å². The third-order valence-electron chi connectivity index (χ3n) is 6.57. The minimum atomic E-state index is -1.14. The van der Waals surface area contributed by atoms with Crippen molar-refractivity contribution in [3.63, 3.8) is 0 Å². The fraction of sp³-hybridized carbons (Fsp3) is 0.276. The quantitative estimate of drug-likeness (QED) is 0.394. The van der Waals surface area contributed by atoms with Crippen LogP contribution in [0.25, 0.3) is 33.6 Å². The highest BCUT2D eigenvalue weighted by Crippen LogP contribution is 2.38. The van der Waals surface area contributed by atoms with Crippen molar-refractivity contribution < 1.29 is 23.1 Å². The number of rotatable bonds is 6. The van der Waals surface area contributed by atoms with E-state index >= 15 is 0 Å². The molecule has 1 N–H and O–H groups in total.